The summed E-state index contributed by atoms with van der Waals surface area (Å²) in [6.07, 6.45) is 0. The highest BCUT2D eigenvalue weighted by Gasteiger charge is 2.27. The van der Waals surface area contributed by atoms with Crippen molar-refractivity contribution < 1.29 is 14.8 Å². The third kappa shape index (κ3) is 3.54. The van der Waals surface area contributed by atoms with Crippen LogP contribution in [-0.4, -0.2) is 14.8 Å². The van der Waals surface area contributed by atoms with Crippen LogP contribution in [0, 0.1) is 37.5 Å². The summed E-state index contributed by atoms with van der Waals surface area (Å²) in [5.41, 5.74) is -0.716. The highest BCUT2D eigenvalue weighted by atomic mass is 127. The van der Waals surface area contributed by atoms with Crippen LogP contribution in [0.4, 0.5) is 17.1 Å². The molecular weight excluding hydrogens is 536 g/mol. The third-order valence-corrected chi connectivity index (χ3v) is 4.74. The van der Waals surface area contributed by atoms with Crippen LogP contribution in [0.25, 0.3) is 11.1 Å². The molecule has 0 fully saturated rings. The number of nitro benzene ring substituents is 3. The fraction of sp³-hybridized carbons (Fsp3) is 0. The van der Waals surface area contributed by atoms with Gasteiger partial charge in [0.15, 0.2) is 0 Å². The quantitative estimate of drug-likeness (QED) is 0.323. The Morgan fingerprint density at radius 1 is 0.696 bits per heavy atom. The van der Waals surface area contributed by atoms with Crippen LogP contribution in [0.1, 0.15) is 0 Å². The molecule has 0 bridgehead atoms. The Balaban J connectivity index is 2.76. The van der Waals surface area contributed by atoms with Gasteiger partial charge in [0, 0.05) is 42.5 Å². The van der Waals surface area contributed by atoms with E-state index in [1.165, 1.54) is 18.2 Å². The highest BCUT2D eigenvalue weighted by Crippen LogP contribution is 2.38. The summed E-state index contributed by atoms with van der Waals surface area (Å²) < 4.78 is 1.02. The molecule has 0 amide bonds. The van der Waals surface area contributed by atoms with Gasteiger partial charge in [0.2, 0.25) is 0 Å². The standard InChI is InChI=1S/C12H5I2N3O6/c13-9-2-1-6(15(18)19)3-7(9)8-4-11(16(20)21)12(17(22)23)5-10(8)14/h1-5H. The van der Waals surface area contributed by atoms with E-state index in [0.717, 1.165) is 12.1 Å². The summed E-state index contributed by atoms with van der Waals surface area (Å²) in [6, 6.07) is 6.27. The molecule has 0 unspecified atom stereocenters. The first kappa shape index (κ1) is 17.5. The lowest BCUT2D eigenvalue weighted by Gasteiger charge is -2.08. The predicted octanol–water partition coefficient (Wildman–Crippen LogP) is 4.29. The Kier molecular flexibility index (Phi) is 5.08. The maximum atomic E-state index is 11.1. The molecule has 0 atom stereocenters. The van der Waals surface area contributed by atoms with Crippen LogP contribution in [0.5, 0.6) is 0 Å². The number of nitro groups is 3. The summed E-state index contributed by atoms with van der Waals surface area (Å²) in [4.78, 5) is 30.7. The normalized spacial score (nSPS) is 10.3. The molecule has 0 heterocycles. The average molecular weight is 541 g/mol. The first-order valence-corrected chi connectivity index (χ1v) is 7.94. The molecule has 9 nitrogen and oxygen atoms in total. The highest BCUT2D eigenvalue weighted by molar-refractivity contribution is 14.1. The number of nitrogens with zero attached hydrogens (tertiary/aromatic N) is 3. The van der Waals surface area contributed by atoms with Gasteiger partial charge < -0.3 is 0 Å². The lowest BCUT2D eigenvalue weighted by atomic mass is 10.0. The van der Waals surface area contributed by atoms with Crippen molar-refractivity contribution in [1.82, 2.24) is 0 Å². The van der Waals surface area contributed by atoms with Crippen molar-refractivity contribution in [3.8, 4) is 11.1 Å². The van der Waals surface area contributed by atoms with Gasteiger partial charge in [0.1, 0.15) is 0 Å². The lowest BCUT2D eigenvalue weighted by molar-refractivity contribution is -0.422. The van der Waals surface area contributed by atoms with Gasteiger partial charge in [-0.2, -0.15) is 0 Å². The van der Waals surface area contributed by atoms with E-state index >= 15 is 0 Å². The van der Waals surface area contributed by atoms with E-state index in [-0.39, 0.29) is 5.69 Å². The van der Waals surface area contributed by atoms with Crippen LogP contribution < -0.4 is 0 Å². The molecule has 0 aliphatic rings. The fourth-order valence-electron chi connectivity index (χ4n) is 1.88. The van der Waals surface area contributed by atoms with Gasteiger partial charge in [-0.25, -0.2) is 0 Å². The van der Waals surface area contributed by atoms with Crippen molar-refractivity contribution in [2.45, 2.75) is 0 Å². The molecule has 23 heavy (non-hydrogen) atoms. The SMILES string of the molecule is O=[N+]([O-])c1ccc(I)c(-c2cc([N+](=O)[O-])c([N+](=O)[O-])cc2I)c1. The molecule has 0 aliphatic heterocycles. The van der Waals surface area contributed by atoms with E-state index in [2.05, 4.69) is 0 Å². The van der Waals surface area contributed by atoms with Crippen molar-refractivity contribution in [3.63, 3.8) is 0 Å². The summed E-state index contributed by atoms with van der Waals surface area (Å²) in [6.45, 7) is 0. The minimum atomic E-state index is -0.845. The van der Waals surface area contributed by atoms with Gasteiger partial charge in [-0.05, 0) is 51.2 Å². The van der Waals surface area contributed by atoms with Crippen molar-refractivity contribution >= 4 is 62.2 Å². The van der Waals surface area contributed by atoms with Crippen LogP contribution >= 0.6 is 45.2 Å². The van der Waals surface area contributed by atoms with Crippen molar-refractivity contribution in [3.05, 3.63) is 67.8 Å². The van der Waals surface area contributed by atoms with Crippen LogP contribution in [0.2, 0.25) is 0 Å². The van der Waals surface area contributed by atoms with Gasteiger partial charge in [-0.15, -0.1) is 0 Å². The van der Waals surface area contributed by atoms with E-state index in [0.29, 0.717) is 18.3 Å². The Bertz CT molecular complexity index is 855. The largest absolute Gasteiger partial charge is 0.347 e. The second-order valence-corrected chi connectivity index (χ2v) is 6.58. The van der Waals surface area contributed by atoms with E-state index < -0.39 is 26.1 Å². The maximum Gasteiger partial charge on any atom is 0.347 e. The van der Waals surface area contributed by atoms with E-state index in [4.69, 9.17) is 0 Å². The number of hydrogen-bond acceptors (Lipinski definition) is 6. The molecule has 0 radical (unpaired) electrons. The molecule has 2 rings (SSSR count). The Morgan fingerprint density at radius 3 is 1.74 bits per heavy atom. The van der Waals surface area contributed by atoms with Gasteiger partial charge in [-0.3, -0.25) is 30.3 Å². The average Bonchev–Trinajstić information content (AvgIpc) is 2.47. The molecule has 11 heteroatoms. The third-order valence-electron chi connectivity index (χ3n) is 2.91. The molecular formula is C12H5I2N3O6. The van der Waals surface area contributed by atoms with E-state index in [1.54, 1.807) is 0 Å². The summed E-state index contributed by atoms with van der Waals surface area (Å²) in [5, 5.41) is 32.9. The van der Waals surface area contributed by atoms with Crippen molar-refractivity contribution in [2.24, 2.45) is 0 Å². The Hall–Kier alpha value is -1.90. The van der Waals surface area contributed by atoms with Gasteiger partial charge in [-0.1, -0.05) is 0 Å². The van der Waals surface area contributed by atoms with Crippen LogP contribution in [0.15, 0.2) is 30.3 Å². The van der Waals surface area contributed by atoms with E-state index in [9.17, 15) is 30.3 Å². The monoisotopic (exact) mass is 541 g/mol. The smallest absolute Gasteiger partial charge is 0.258 e. The molecule has 0 N–H and O–H groups in total. The summed E-state index contributed by atoms with van der Waals surface area (Å²) in [7, 11) is 0. The number of hydrogen-bond donors (Lipinski definition) is 0. The first-order chi connectivity index (χ1) is 10.7. The van der Waals surface area contributed by atoms with Gasteiger partial charge >= 0.3 is 11.4 Å². The lowest BCUT2D eigenvalue weighted by Crippen LogP contribution is -1.99. The molecule has 2 aromatic carbocycles. The Labute approximate surface area is 155 Å². The molecule has 0 aromatic heterocycles. The number of rotatable bonds is 4. The summed E-state index contributed by atoms with van der Waals surface area (Å²) >= 11 is 3.75. The maximum absolute atomic E-state index is 11.1. The van der Waals surface area contributed by atoms with Crippen molar-refractivity contribution in [1.29, 1.82) is 0 Å². The van der Waals surface area contributed by atoms with Crippen LogP contribution in [-0.2, 0) is 0 Å². The van der Waals surface area contributed by atoms with Gasteiger partial charge in [0.25, 0.3) is 5.69 Å². The zero-order valence-electron chi connectivity index (χ0n) is 10.9. The molecule has 0 spiro atoms. The fourth-order valence-corrected chi connectivity index (χ4v) is 3.25. The number of benzene rings is 2. The summed E-state index contributed by atoms with van der Waals surface area (Å²) in [5.74, 6) is 0. The number of halogens is 2. The zero-order chi connectivity index (χ0) is 17.3. The minimum absolute atomic E-state index is 0.169. The molecule has 0 saturated heterocycles. The van der Waals surface area contributed by atoms with Gasteiger partial charge in [0.05, 0.1) is 14.8 Å². The first-order valence-electron chi connectivity index (χ1n) is 5.79. The zero-order valence-corrected chi connectivity index (χ0v) is 15.2. The second-order valence-electron chi connectivity index (χ2n) is 4.26. The predicted molar refractivity (Wildman–Crippen MR) is 97.3 cm³/mol. The topological polar surface area (TPSA) is 129 Å². The van der Waals surface area contributed by atoms with Crippen molar-refractivity contribution in [2.75, 3.05) is 0 Å². The Morgan fingerprint density at radius 2 is 1.22 bits per heavy atom. The number of non-ortho nitro benzene ring substituents is 1. The van der Waals surface area contributed by atoms with E-state index in [1.807, 2.05) is 45.2 Å². The second kappa shape index (κ2) is 6.69. The molecule has 0 aliphatic carbocycles. The molecule has 2 aromatic rings. The molecule has 118 valence electrons. The minimum Gasteiger partial charge on any atom is -0.258 e. The molecule has 0 saturated carbocycles. The van der Waals surface area contributed by atoms with Crippen LogP contribution in [0.3, 0.4) is 0 Å².